The molecule has 0 rings (SSSR count). The number of carbonyl (C=O) groups excluding carboxylic acids is 2. The highest BCUT2D eigenvalue weighted by molar-refractivity contribution is 6.02. The smallest absolute Gasteiger partial charge is 0.318 e. The summed E-state index contributed by atoms with van der Waals surface area (Å²) in [5, 5.41) is 11.1. The van der Waals surface area contributed by atoms with Gasteiger partial charge in [-0.3, -0.25) is 14.4 Å². The molecule has 0 unspecified atom stereocenters. The van der Waals surface area contributed by atoms with Gasteiger partial charge in [0, 0.05) is 13.6 Å². The first-order valence-corrected chi connectivity index (χ1v) is 4.99. The van der Waals surface area contributed by atoms with Crippen molar-refractivity contribution in [2.75, 3.05) is 20.1 Å². The highest BCUT2D eigenvalue weighted by Crippen LogP contribution is 2.14. The fourth-order valence-electron chi connectivity index (χ4n) is 0.785. The minimum Gasteiger partial charge on any atom is -0.480 e. The summed E-state index contributed by atoms with van der Waals surface area (Å²) < 4.78 is 0. The molecule has 0 fully saturated rings. The summed E-state index contributed by atoms with van der Waals surface area (Å²) in [6, 6.07) is 0. The van der Waals surface area contributed by atoms with Gasteiger partial charge in [0.25, 0.3) is 0 Å². The van der Waals surface area contributed by atoms with Crippen molar-refractivity contribution in [1.29, 1.82) is 0 Å². The molecule has 0 aliphatic heterocycles. The molecular formula is C10H18N2O4. The van der Waals surface area contributed by atoms with Crippen molar-refractivity contribution < 1.29 is 19.5 Å². The van der Waals surface area contributed by atoms with Crippen molar-refractivity contribution in [3.8, 4) is 0 Å². The molecule has 0 aliphatic carbocycles. The maximum absolute atomic E-state index is 11.5. The van der Waals surface area contributed by atoms with E-state index in [0.29, 0.717) is 6.54 Å². The van der Waals surface area contributed by atoms with Crippen molar-refractivity contribution in [2.45, 2.75) is 20.8 Å². The molecule has 0 saturated heterocycles. The number of nitrogens with one attached hydrogen (secondary N) is 1. The van der Waals surface area contributed by atoms with E-state index in [1.54, 1.807) is 14.0 Å². The molecule has 16 heavy (non-hydrogen) atoms. The lowest BCUT2D eigenvalue weighted by molar-refractivity contribution is -0.154. The number of carbonyl (C=O) groups is 3. The van der Waals surface area contributed by atoms with Crippen LogP contribution in [0.5, 0.6) is 0 Å². The second kappa shape index (κ2) is 5.48. The number of hydrogen-bond acceptors (Lipinski definition) is 3. The predicted octanol–water partition coefficient (Wildman–Crippen LogP) is -0.308. The van der Waals surface area contributed by atoms with Crippen LogP contribution in [0.25, 0.3) is 0 Å². The molecule has 6 nitrogen and oxygen atoms in total. The third kappa shape index (κ3) is 3.52. The second-order valence-electron chi connectivity index (χ2n) is 4.02. The van der Waals surface area contributed by atoms with Gasteiger partial charge >= 0.3 is 5.97 Å². The average Bonchev–Trinajstić information content (AvgIpc) is 2.23. The predicted molar refractivity (Wildman–Crippen MR) is 57.7 cm³/mol. The molecule has 2 amide bonds. The zero-order valence-corrected chi connectivity index (χ0v) is 10.0. The molecule has 0 aromatic rings. The van der Waals surface area contributed by atoms with Gasteiger partial charge in [-0.2, -0.15) is 0 Å². The van der Waals surface area contributed by atoms with Crippen LogP contribution in [-0.4, -0.2) is 47.9 Å². The molecule has 92 valence electrons. The highest BCUT2D eigenvalue weighted by atomic mass is 16.4. The Balaban J connectivity index is 4.29. The summed E-state index contributed by atoms with van der Waals surface area (Å²) in [7, 11) is 1.61. The van der Waals surface area contributed by atoms with Gasteiger partial charge in [0.1, 0.15) is 5.41 Å². The van der Waals surface area contributed by atoms with E-state index >= 15 is 0 Å². The molecule has 0 aromatic carbocycles. The van der Waals surface area contributed by atoms with Gasteiger partial charge in [-0.05, 0) is 20.8 Å². The van der Waals surface area contributed by atoms with Crippen molar-refractivity contribution in [2.24, 2.45) is 5.41 Å². The van der Waals surface area contributed by atoms with Crippen molar-refractivity contribution >= 4 is 17.8 Å². The maximum atomic E-state index is 11.5. The number of rotatable bonds is 5. The van der Waals surface area contributed by atoms with E-state index in [-0.39, 0.29) is 12.5 Å². The SMILES string of the molecule is CCN(C)C(=O)CNC(=O)C(C)(C)C(=O)O. The van der Waals surface area contributed by atoms with E-state index in [9.17, 15) is 14.4 Å². The Bertz CT molecular complexity index is 299. The Morgan fingerprint density at radius 2 is 1.81 bits per heavy atom. The van der Waals surface area contributed by atoms with Crippen LogP contribution in [0.1, 0.15) is 20.8 Å². The summed E-state index contributed by atoms with van der Waals surface area (Å²) in [6.07, 6.45) is 0. The molecule has 0 aromatic heterocycles. The lowest BCUT2D eigenvalue weighted by Gasteiger charge is -2.20. The highest BCUT2D eigenvalue weighted by Gasteiger charge is 2.36. The number of amides is 2. The van der Waals surface area contributed by atoms with Gasteiger partial charge in [0.2, 0.25) is 11.8 Å². The normalized spacial score (nSPS) is 10.8. The lowest BCUT2D eigenvalue weighted by atomic mass is 9.93. The van der Waals surface area contributed by atoms with Crippen LogP contribution < -0.4 is 5.32 Å². The van der Waals surface area contributed by atoms with Crippen LogP contribution in [0.4, 0.5) is 0 Å². The monoisotopic (exact) mass is 230 g/mol. The molecule has 0 spiro atoms. The van der Waals surface area contributed by atoms with Crippen LogP contribution in [-0.2, 0) is 14.4 Å². The Morgan fingerprint density at radius 3 is 2.19 bits per heavy atom. The van der Waals surface area contributed by atoms with E-state index in [4.69, 9.17) is 5.11 Å². The summed E-state index contributed by atoms with van der Waals surface area (Å²) in [5.41, 5.74) is -1.52. The Labute approximate surface area is 94.6 Å². The average molecular weight is 230 g/mol. The topological polar surface area (TPSA) is 86.7 Å². The van der Waals surface area contributed by atoms with Gasteiger partial charge < -0.3 is 15.3 Å². The molecule has 0 bridgehead atoms. The molecular weight excluding hydrogens is 212 g/mol. The maximum Gasteiger partial charge on any atom is 0.318 e. The first-order chi connectivity index (χ1) is 7.23. The standard InChI is InChI=1S/C10H18N2O4/c1-5-12(4)7(13)6-11-8(14)10(2,3)9(15)16/h5-6H2,1-4H3,(H,11,14)(H,15,16). The van der Waals surface area contributed by atoms with Crippen LogP contribution in [0.2, 0.25) is 0 Å². The third-order valence-electron chi connectivity index (χ3n) is 2.40. The van der Waals surface area contributed by atoms with E-state index < -0.39 is 17.3 Å². The van der Waals surface area contributed by atoms with Crippen molar-refractivity contribution in [3.05, 3.63) is 0 Å². The summed E-state index contributed by atoms with van der Waals surface area (Å²) in [6.45, 7) is 4.75. The molecule has 0 radical (unpaired) electrons. The summed E-state index contributed by atoms with van der Waals surface area (Å²) >= 11 is 0. The molecule has 0 aliphatic rings. The number of nitrogens with zero attached hydrogens (tertiary/aromatic N) is 1. The third-order valence-corrected chi connectivity index (χ3v) is 2.40. The van der Waals surface area contributed by atoms with E-state index in [1.807, 2.05) is 0 Å². The minimum atomic E-state index is -1.52. The first-order valence-electron chi connectivity index (χ1n) is 4.99. The lowest BCUT2D eigenvalue weighted by Crippen LogP contribution is -2.46. The first kappa shape index (κ1) is 14.4. The van der Waals surface area contributed by atoms with Crippen LogP contribution >= 0.6 is 0 Å². The molecule has 0 saturated carbocycles. The van der Waals surface area contributed by atoms with E-state index in [1.165, 1.54) is 18.7 Å². The molecule has 0 heterocycles. The Morgan fingerprint density at radius 1 is 1.31 bits per heavy atom. The van der Waals surface area contributed by atoms with Crippen LogP contribution in [0.3, 0.4) is 0 Å². The second-order valence-corrected chi connectivity index (χ2v) is 4.02. The number of carboxylic acid groups (broad SMARTS) is 1. The van der Waals surface area contributed by atoms with Crippen LogP contribution in [0.15, 0.2) is 0 Å². The summed E-state index contributed by atoms with van der Waals surface area (Å²) in [5.74, 6) is -2.14. The minimum absolute atomic E-state index is 0.181. The van der Waals surface area contributed by atoms with Crippen molar-refractivity contribution in [1.82, 2.24) is 10.2 Å². The fourth-order valence-corrected chi connectivity index (χ4v) is 0.785. The van der Waals surface area contributed by atoms with Gasteiger partial charge in [-0.15, -0.1) is 0 Å². The quantitative estimate of drug-likeness (QED) is 0.634. The largest absolute Gasteiger partial charge is 0.480 e. The van der Waals surface area contributed by atoms with Gasteiger partial charge in [0.05, 0.1) is 6.54 Å². The zero-order chi connectivity index (χ0) is 12.9. The molecule has 6 heteroatoms. The van der Waals surface area contributed by atoms with Crippen molar-refractivity contribution in [3.63, 3.8) is 0 Å². The number of aliphatic carboxylic acids is 1. The summed E-state index contributed by atoms with van der Waals surface area (Å²) in [4.78, 5) is 35.0. The van der Waals surface area contributed by atoms with E-state index in [0.717, 1.165) is 0 Å². The number of carboxylic acids is 1. The number of hydrogen-bond donors (Lipinski definition) is 2. The number of likely N-dealkylation sites (N-methyl/N-ethyl adjacent to an activating group) is 1. The van der Waals surface area contributed by atoms with Gasteiger partial charge in [0.15, 0.2) is 0 Å². The van der Waals surface area contributed by atoms with Gasteiger partial charge in [-0.1, -0.05) is 0 Å². The van der Waals surface area contributed by atoms with Gasteiger partial charge in [-0.25, -0.2) is 0 Å². The Hall–Kier alpha value is -1.59. The Kier molecular flexibility index (Phi) is 4.94. The van der Waals surface area contributed by atoms with Crippen LogP contribution in [0, 0.1) is 5.41 Å². The molecule has 2 N–H and O–H groups in total. The van der Waals surface area contributed by atoms with E-state index in [2.05, 4.69) is 5.32 Å². The fraction of sp³-hybridized carbons (Fsp3) is 0.700. The zero-order valence-electron chi connectivity index (χ0n) is 10.0. The molecule has 0 atom stereocenters.